The average molecular weight is 406 g/mol. The van der Waals surface area contributed by atoms with Crippen LogP contribution in [0.2, 0.25) is 0 Å². The minimum atomic E-state index is -4.04. The number of aromatic amines is 1. The highest BCUT2D eigenvalue weighted by Gasteiger charge is 2.26. The summed E-state index contributed by atoms with van der Waals surface area (Å²) in [5, 5.41) is 6.77. The third-order valence-corrected chi connectivity index (χ3v) is 6.35. The lowest BCUT2D eigenvalue weighted by molar-refractivity contribution is 0.567. The number of sulfone groups is 1. The molecule has 142 valence electrons. The lowest BCUT2D eigenvalue weighted by Gasteiger charge is -2.17. The van der Waals surface area contributed by atoms with Gasteiger partial charge in [-0.3, -0.25) is 5.10 Å². The zero-order chi connectivity index (χ0) is 19.7. The van der Waals surface area contributed by atoms with Gasteiger partial charge in [0.05, 0.1) is 9.79 Å². The van der Waals surface area contributed by atoms with Crippen LogP contribution in [0.25, 0.3) is 0 Å². The van der Waals surface area contributed by atoms with Gasteiger partial charge in [-0.2, -0.15) is 9.82 Å². The van der Waals surface area contributed by atoms with Gasteiger partial charge in [-0.05, 0) is 30.7 Å². The van der Waals surface area contributed by atoms with Crippen molar-refractivity contribution in [1.29, 1.82) is 0 Å². The lowest BCUT2D eigenvalue weighted by Crippen LogP contribution is -2.30. The molecule has 3 aromatic rings. The molecule has 1 atom stereocenters. The van der Waals surface area contributed by atoms with Crippen molar-refractivity contribution >= 4 is 19.9 Å². The summed E-state index contributed by atoms with van der Waals surface area (Å²) in [6.07, 6.45) is 1.02. The first-order valence-corrected chi connectivity index (χ1v) is 11.3. The normalized spacial score (nSPS) is 13.4. The second kappa shape index (κ2) is 7.22. The second-order valence-electron chi connectivity index (χ2n) is 5.99. The maximum Gasteiger partial charge on any atom is 0.241 e. The van der Waals surface area contributed by atoms with Gasteiger partial charge >= 0.3 is 0 Å². The van der Waals surface area contributed by atoms with Gasteiger partial charge in [-0.1, -0.05) is 36.4 Å². The first kappa shape index (κ1) is 19.2. The first-order valence-electron chi connectivity index (χ1n) is 7.93. The molecule has 0 radical (unpaired) electrons. The predicted octanol–water partition coefficient (Wildman–Crippen LogP) is 1.58. The molecule has 1 aromatic heterocycles. The van der Waals surface area contributed by atoms with Crippen molar-refractivity contribution in [2.75, 3.05) is 6.26 Å². The minimum absolute atomic E-state index is 0.0737. The van der Waals surface area contributed by atoms with E-state index < -0.39 is 25.9 Å². The lowest BCUT2D eigenvalue weighted by atomic mass is 10.1. The number of hydrogen-bond acceptors (Lipinski definition) is 6. The number of hydrogen-bond donors (Lipinski definition) is 2. The van der Waals surface area contributed by atoms with E-state index in [1.54, 1.807) is 31.2 Å². The molecular weight excluding hydrogens is 388 g/mol. The van der Waals surface area contributed by atoms with Crippen molar-refractivity contribution in [3.05, 3.63) is 71.8 Å². The Hall–Kier alpha value is -2.56. The molecule has 0 spiro atoms. The van der Waals surface area contributed by atoms with Crippen LogP contribution in [-0.4, -0.2) is 38.3 Å². The van der Waals surface area contributed by atoms with Gasteiger partial charge in [0.25, 0.3) is 0 Å². The van der Waals surface area contributed by atoms with Crippen molar-refractivity contribution in [2.24, 2.45) is 0 Å². The van der Waals surface area contributed by atoms with E-state index in [9.17, 15) is 16.8 Å². The Morgan fingerprint density at radius 2 is 1.63 bits per heavy atom. The molecule has 0 saturated carbocycles. The summed E-state index contributed by atoms with van der Waals surface area (Å²) in [7, 11) is -7.57. The SMILES string of the molecule is Cc1nc(C(NS(=O)(=O)c2cccc(S(C)(=O)=O)c2)c2ccccc2)n[nH]1. The van der Waals surface area contributed by atoms with E-state index in [0.29, 0.717) is 11.4 Å². The van der Waals surface area contributed by atoms with Gasteiger partial charge in [0.2, 0.25) is 10.0 Å². The van der Waals surface area contributed by atoms with Crippen molar-refractivity contribution in [3.63, 3.8) is 0 Å². The summed E-state index contributed by atoms with van der Waals surface area (Å²) in [4.78, 5) is 4.00. The summed E-state index contributed by atoms with van der Waals surface area (Å²) >= 11 is 0. The van der Waals surface area contributed by atoms with Crippen LogP contribution in [0.1, 0.15) is 23.3 Å². The molecule has 0 aliphatic carbocycles. The highest BCUT2D eigenvalue weighted by molar-refractivity contribution is 7.91. The molecule has 1 heterocycles. The molecular formula is C17H18N4O4S2. The second-order valence-corrected chi connectivity index (χ2v) is 9.72. The van der Waals surface area contributed by atoms with Crippen molar-refractivity contribution in [3.8, 4) is 0 Å². The van der Waals surface area contributed by atoms with E-state index in [0.717, 1.165) is 12.3 Å². The van der Waals surface area contributed by atoms with Crippen molar-refractivity contribution < 1.29 is 16.8 Å². The highest BCUT2D eigenvalue weighted by atomic mass is 32.2. The van der Waals surface area contributed by atoms with Crippen LogP contribution in [0, 0.1) is 6.92 Å². The first-order chi connectivity index (χ1) is 12.7. The Balaban J connectivity index is 2.03. The summed E-state index contributed by atoms with van der Waals surface area (Å²) < 4.78 is 51.9. The molecule has 0 bridgehead atoms. The molecule has 0 amide bonds. The average Bonchev–Trinajstić information content (AvgIpc) is 3.06. The molecule has 0 fully saturated rings. The summed E-state index contributed by atoms with van der Waals surface area (Å²) in [5.41, 5.74) is 0.652. The molecule has 3 rings (SSSR count). The van der Waals surface area contributed by atoms with E-state index in [-0.39, 0.29) is 15.6 Å². The number of sulfonamides is 1. The number of nitrogens with one attached hydrogen (secondary N) is 2. The number of rotatable bonds is 6. The molecule has 0 aliphatic heterocycles. The Labute approximate surface area is 157 Å². The molecule has 10 heteroatoms. The Kier molecular flexibility index (Phi) is 5.13. The Morgan fingerprint density at radius 1 is 0.963 bits per heavy atom. The van der Waals surface area contributed by atoms with Crippen LogP contribution in [0.15, 0.2) is 64.4 Å². The zero-order valence-corrected chi connectivity index (χ0v) is 16.3. The van der Waals surface area contributed by atoms with E-state index in [4.69, 9.17) is 0 Å². The van der Waals surface area contributed by atoms with Gasteiger partial charge in [0, 0.05) is 6.26 Å². The van der Waals surface area contributed by atoms with Crippen LogP contribution in [-0.2, 0) is 19.9 Å². The van der Waals surface area contributed by atoms with Gasteiger partial charge in [0.1, 0.15) is 11.9 Å². The maximum atomic E-state index is 12.9. The molecule has 8 nitrogen and oxygen atoms in total. The van der Waals surface area contributed by atoms with Crippen LogP contribution in [0.5, 0.6) is 0 Å². The van der Waals surface area contributed by atoms with Gasteiger partial charge in [-0.15, -0.1) is 0 Å². The largest absolute Gasteiger partial charge is 0.263 e. The minimum Gasteiger partial charge on any atom is -0.263 e. The third-order valence-electron chi connectivity index (χ3n) is 3.82. The number of H-pyrrole nitrogens is 1. The van der Waals surface area contributed by atoms with Crippen molar-refractivity contribution in [1.82, 2.24) is 19.9 Å². The van der Waals surface area contributed by atoms with Gasteiger partial charge < -0.3 is 0 Å². The van der Waals surface area contributed by atoms with Crippen LogP contribution in [0.4, 0.5) is 0 Å². The molecule has 2 N–H and O–H groups in total. The fourth-order valence-corrected chi connectivity index (χ4v) is 4.47. The van der Waals surface area contributed by atoms with Crippen LogP contribution in [0.3, 0.4) is 0 Å². The number of benzene rings is 2. The van der Waals surface area contributed by atoms with Crippen LogP contribution >= 0.6 is 0 Å². The summed E-state index contributed by atoms with van der Waals surface area (Å²) in [5.74, 6) is 0.811. The Bertz CT molecular complexity index is 1160. The number of aromatic nitrogens is 3. The van der Waals surface area contributed by atoms with Crippen molar-refractivity contribution in [2.45, 2.75) is 22.8 Å². The fraction of sp³-hybridized carbons (Fsp3) is 0.176. The van der Waals surface area contributed by atoms with E-state index in [2.05, 4.69) is 19.9 Å². The number of nitrogens with zero attached hydrogens (tertiary/aromatic N) is 2. The highest BCUT2D eigenvalue weighted by Crippen LogP contribution is 2.23. The zero-order valence-electron chi connectivity index (χ0n) is 14.6. The smallest absolute Gasteiger partial charge is 0.241 e. The fourth-order valence-electron chi connectivity index (χ4n) is 2.50. The van der Waals surface area contributed by atoms with E-state index in [1.165, 1.54) is 18.2 Å². The topological polar surface area (TPSA) is 122 Å². The van der Waals surface area contributed by atoms with Gasteiger partial charge in [-0.25, -0.2) is 21.8 Å². The quantitative estimate of drug-likeness (QED) is 0.641. The van der Waals surface area contributed by atoms with Crippen LogP contribution < -0.4 is 4.72 Å². The maximum absolute atomic E-state index is 12.9. The van der Waals surface area contributed by atoms with Gasteiger partial charge in [0.15, 0.2) is 15.7 Å². The standard InChI is InChI=1S/C17H18N4O4S2/c1-12-18-17(20-19-12)16(13-7-4-3-5-8-13)21-27(24,25)15-10-6-9-14(11-15)26(2,22)23/h3-11,16,21H,1-2H3,(H,18,19,20). The Morgan fingerprint density at radius 3 is 2.22 bits per heavy atom. The molecule has 0 aliphatic rings. The third kappa shape index (κ3) is 4.41. The summed E-state index contributed by atoms with van der Waals surface area (Å²) in [6, 6.07) is 13.3. The monoisotopic (exact) mass is 406 g/mol. The molecule has 27 heavy (non-hydrogen) atoms. The molecule has 2 aromatic carbocycles. The molecule has 0 saturated heterocycles. The summed E-state index contributed by atoms with van der Waals surface area (Å²) in [6.45, 7) is 1.71. The van der Waals surface area contributed by atoms with E-state index >= 15 is 0 Å². The predicted molar refractivity (Wildman–Crippen MR) is 99.3 cm³/mol. The van der Waals surface area contributed by atoms with E-state index in [1.807, 2.05) is 6.07 Å². The number of aryl methyl sites for hydroxylation is 1. The molecule has 1 unspecified atom stereocenters.